The molecular weight excluding hydrogens is 286 g/mol. The van der Waals surface area contributed by atoms with Gasteiger partial charge in [0.25, 0.3) is 0 Å². The highest BCUT2D eigenvalue weighted by atomic mass is 16.4. The van der Waals surface area contributed by atoms with Crippen LogP contribution in [0.4, 0.5) is 0 Å². The lowest BCUT2D eigenvalue weighted by Crippen LogP contribution is -2.01. The number of fused-ring (bicyclic) bond motifs is 1. The lowest BCUT2D eigenvalue weighted by molar-refractivity contribution is 0.0699. The van der Waals surface area contributed by atoms with Crippen molar-refractivity contribution in [1.29, 1.82) is 0 Å². The van der Waals surface area contributed by atoms with Crippen LogP contribution in [0.15, 0.2) is 48.5 Å². The molecule has 0 amide bonds. The SMILES string of the molecule is Cc1ccc(-c2cc(C(=O)O)c3cc(C(C)C)ccc3n2)cc1. The van der Waals surface area contributed by atoms with Crippen molar-refractivity contribution in [3.63, 3.8) is 0 Å². The predicted octanol–water partition coefficient (Wildman–Crippen LogP) is 5.03. The number of pyridine rings is 1. The molecule has 1 heterocycles. The van der Waals surface area contributed by atoms with Crippen LogP contribution in [0.3, 0.4) is 0 Å². The van der Waals surface area contributed by atoms with Gasteiger partial charge in [-0.05, 0) is 36.6 Å². The van der Waals surface area contributed by atoms with Crippen molar-refractivity contribution in [3.05, 3.63) is 65.2 Å². The molecule has 116 valence electrons. The summed E-state index contributed by atoms with van der Waals surface area (Å²) in [6.45, 7) is 6.21. The number of aryl methyl sites for hydroxylation is 1. The van der Waals surface area contributed by atoms with Crippen LogP contribution < -0.4 is 0 Å². The molecular formula is C20H19NO2. The van der Waals surface area contributed by atoms with E-state index in [0.717, 1.165) is 16.7 Å². The van der Waals surface area contributed by atoms with Gasteiger partial charge in [0.15, 0.2) is 0 Å². The molecule has 0 atom stereocenters. The molecule has 0 aliphatic rings. The summed E-state index contributed by atoms with van der Waals surface area (Å²) >= 11 is 0. The number of hydrogen-bond donors (Lipinski definition) is 1. The number of benzene rings is 2. The zero-order valence-corrected chi connectivity index (χ0v) is 13.5. The quantitative estimate of drug-likeness (QED) is 0.738. The maximum atomic E-state index is 11.7. The molecule has 3 rings (SSSR count). The van der Waals surface area contributed by atoms with Crippen LogP contribution in [0.5, 0.6) is 0 Å². The van der Waals surface area contributed by atoms with E-state index in [1.165, 1.54) is 0 Å². The second kappa shape index (κ2) is 5.84. The van der Waals surface area contributed by atoms with Gasteiger partial charge in [0.2, 0.25) is 0 Å². The summed E-state index contributed by atoms with van der Waals surface area (Å²) in [6, 6.07) is 15.5. The standard InChI is InChI=1S/C20H19NO2/c1-12(2)15-8-9-18-16(10-15)17(20(22)23)11-19(21-18)14-6-4-13(3)5-7-14/h4-12H,1-3H3,(H,22,23). The number of carboxylic acid groups (broad SMARTS) is 1. The molecule has 0 aliphatic carbocycles. The smallest absolute Gasteiger partial charge is 0.336 e. The Morgan fingerprint density at radius 1 is 1.04 bits per heavy atom. The molecule has 3 heteroatoms. The molecule has 0 fully saturated rings. The van der Waals surface area contributed by atoms with E-state index in [2.05, 4.69) is 18.8 Å². The van der Waals surface area contributed by atoms with Crippen LogP contribution in [-0.4, -0.2) is 16.1 Å². The Kier molecular flexibility index (Phi) is 3.87. The van der Waals surface area contributed by atoms with E-state index in [1.54, 1.807) is 6.07 Å². The normalized spacial score (nSPS) is 11.1. The van der Waals surface area contributed by atoms with Gasteiger partial charge in [0.1, 0.15) is 0 Å². The van der Waals surface area contributed by atoms with Crippen LogP contribution in [0, 0.1) is 6.92 Å². The minimum absolute atomic E-state index is 0.299. The molecule has 23 heavy (non-hydrogen) atoms. The fraction of sp³-hybridized carbons (Fsp3) is 0.200. The first-order valence-electron chi connectivity index (χ1n) is 7.71. The van der Waals surface area contributed by atoms with Gasteiger partial charge in [0.05, 0.1) is 16.8 Å². The topological polar surface area (TPSA) is 50.2 Å². The first-order chi connectivity index (χ1) is 11.0. The van der Waals surface area contributed by atoms with E-state index < -0.39 is 5.97 Å². The molecule has 2 aromatic carbocycles. The lowest BCUT2D eigenvalue weighted by atomic mass is 9.97. The van der Waals surface area contributed by atoms with Crippen LogP contribution in [0.25, 0.3) is 22.2 Å². The molecule has 0 saturated carbocycles. The first kappa shape index (κ1) is 15.2. The summed E-state index contributed by atoms with van der Waals surface area (Å²) in [5.41, 5.74) is 4.90. The van der Waals surface area contributed by atoms with Gasteiger partial charge in [0, 0.05) is 10.9 Å². The van der Waals surface area contributed by atoms with Crippen molar-refractivity contribution in [2.45, 2.75) is 26.7 Å². The fourth-order valence-electron chi connectivity index (χ4n) is 2.65. The number of aromatic nitrogens is 1. The van der Waals surface area contributed by atoms with Gasteiger partial charge in [-0.15, -0.1) is 0 Å². The largest absolute Gasteiger partial charge is 0.478 e. The fourth-order valence-corrected chi connectivity index (χ4v) is 2.65. The molecule has 0 aliphatic heterocycles. The Hall–Kier alpha value is -2.68. The van der Waals surface area contributed by atoms with Gasteiger partial charge in [-0.3, -0.25) is 0 Å². The Labute approximate surface area is 135 Å². The molecule has 0 saturated heterocycles. The van der Waals surface area contributed by atoms with Gasteiger partial charge < -0.3 is 5.11 Å². The molecule has 3 aromatic rings. The highest BCUT2D eigenvalue weighted by Gasteiger charge is 2.14. The summed E-state index contributed by atoms with van der Waals surface area (Å²) in [5, 5.41) is 10.3. The average Bonchev–Trinajstić information content (AvgIpc) is 2.53. The number of aromatic carboxylic acids is 1. The van der Waals surface area contributed by atoms with Crippen molar-refractivity contribution in [2.24, 2.45) is 0 Å². The third-order valence-corrected chi connectivity index (χ3v) is 4.08. The Balaban J connectivity index is 2.24. The number of nitrogens with zero attached hydrogens (tertiary/aromatic N) is 1. The molecule has 3 nitrogen and oxygen atoms in total. The lowest BCUT2D eigenvalue weighted by Gasteiger charge is -2.11. The number of carbonyl (C=O) groups is 1. The summed E-state index contributed by atoms with van der Waals surface area (Å²) in [7, 11) is 0. The van der Waals surface area contributed by atoms with Gasteiger partial charge >= 0.3 is 5.97 Å². The van der Waals surface area contributed by atoms with E-state index in [-0.39, 0.29) is 0 Å². The Morgan fingerprint density at radius 3 is 2.35 bits per heavy atom. The Bertz CT molecular complexity index is 880. The maximum absolute atomic E-state index is 11.7. The van der Waals surface area contributed by atoms with E-state index in [4.69, 9.17) is 0 Å². The third kappa shape index (κ3) is 2.95. The highest BCUT2D eigenvalue weighted by Crippen LogP contribution is 2.28. The number of rotatable bonds is 3. The predicted molar refractivity (Wildman–Crippen MR) is 93.0 cm³/mol. The number of hydrogen-bond acceptors (Lipinski definition) is 2. The summed E-state index contributed by atoms with van der Waals surface area (Å²) in [4.78, 5) is 16.4. The first-order valence-corrected chi connectivity index (χ1v) is 7.71. The maximum Gasteiger partial charge on any atom is 0.336 e. The summed E-state index contributed by atoms with van der Waals surface area (Å²) < 4.78 is 0. The Morgan fingerprint density at radius 2 is 1.74 bits per heavy atom. The summed E-state index contributed by atoms with van der Waals surface area (Å²) in [5.74, 6) is -0.579. The van der Waals surface area contributed by atoms with Gasteiger partial charge in [-0.2, -0.15) is 0 Å². The van der Waals surface area contributed by atoms with Crippen LogP contribution in [0.1, 0.15) is 41.3 Å². The molecule has 1 N–H and O–H groups in total. The average molecular weight is 305 g/mol. The zero-order valence-electron chi connectivity index (χ0n) is 13.5. The van der Waals surface area contributed by atoms with Crippen LogP contribution >= 0.6 is 0 Å². The molecule has 0 spiro atoms. The monoisotopic (exact) mass is 305 g/mol. The van der Waals surface area contributed by atoms with E-state index >= 15 is 0 Å². The summed E-state index contributed by atoms with van der Waals surface area (Å²) in [6.07, 6.45) is 0. The molecule has 0 unspecified atom stereocenters. The molecule has 0 bridgehead atoms. The van der Waals surface area contributed by atoms with Gasteiger partial charge in [-0.1, -0.05) is 49.7 Å². The minimum Gasteiger partial charge on any atom is -0.478 e. The highest BCUT2D eigenvalue weighted by molar-refractivity contribution is 6.04. The van der Waals surface area contributed by atoms with Crippen molar-refractivity contribution in [2.75, 3.05) is 0 Å². The molecule has 0 radical (unpaired) electrons. The van der Waals surface area contributed by atoms with Crippen molar-refractivity contribution >= 4 is 16.9 Å². The van der Waals surface area contributed by atoms with Crippen LogP contribution in [0.2, 0.25) is 0 Å². The third-order valence-electron chi connectivity index (χ3n) is 4.08. The van der Waals surface area contributed by atoms with Crippen molar-refractivity contribution in [3.8, 4) is 11.3 Å². The van der Waals surface area contributed by atoms with Gasteiger partial charge in [-0.25, -0.2) is 9.78 Å². The second-order valence-electron chi connectivity index (χ2n) is 6.16. The number of carboxylic acids is 1. The van der Waals surface area contributed by atoms with Crippen LogP contribution in [-0.2, 0) is 0 Å². The van der Waals surface area contributed by atoms with E-state index in [1.807, 2.05) is 49.4 Å². The molecule has 1 aromatic heterocycles. The van der Waals surface area contributed by atoms with E-state index in [9.17, 15) is 9.90 Å². The van der Waals surface area contributed by atoms with Crippen molar-refractivity contribution in [1.82, 2.24) is 4.98 Å². The van der Waals surface area contributed by atoms with E-state index in [0.29, 0.717) is 28.1 Å². The zero-order chi connectivity index (χ0) is 16.6. The van der Waals surface area contributed by atoms with Crippen molar-refractivity contribution < 1.29 is 9.90 Å². The second-order valence-corrected chi connectivity index (χ2v) is 6.16. The minimum atomic E-state index is -0.924.